The van der Waals surface area contributed by atoms with Crippen LogP contribution in [0, 0.1) is 6.92 Å². The summed E-state index contributed by atoms with van der Waals surface area (Å²) in [5.41, 5.74) is 1.56. The average molecular weight is 439 g/mol. The molecule has 2 N–H and O–H groups in total. The molecule has 28 heavy (non-hydrogen) atoms. The predicted molar refractivity (Wildman–Crippen MR) is 109 cm³/mol. The minimum absolute atomic E-state index is 0.0930. The van der Waals surface area contributed by atoms with Crippen molar-refractivity contribution in [2.45, 2.75) is 13.5 Å². The first-order chi connectivity index (χ1) is 13.3. The molecule has 3 rings (SSSR count). The SMILES string of the molecule is Cc1c(C(=O)Nc2cc(Cl)cc(Cl)c2)nnn1CC(=O)Nc1ccc(Cl)cc1. The summed E-state index contributed by atoms with van der Waals surface area (Å²) >= 11 is 17.7. The van der Waals surface area contributed by atoms with Crippen molar-refractivity contribution >= 4 is 58.0 Å². The van der Waals surface area contributed by atoms with Gasteiger partial charge in [-0.15, -0.1) is 5.10 Å². The summed E-state index contributed by atoms with van der Waals surface area (Å²) in [5.74, 6) is -0.802. The largest absolute Gasteiger partial charge is 0.324 e. The van der Waals surface area contributed by atoms with Crippen LogP contribution in [0.25, 0.3) is 0 Å². The van der Waals surface area contributed by atoms with Crippen molar-refractivity contribution in [2.75, 3.05) is 10.6 Å². The van der Waals surface area contributed by atoms with Gasteiger partial charge in [0.25, 0.3) is 5.91 Å². The van der Waals surface area contributed by atoms with E-state index in [1.165, 1.54) is 4.68 Å². The molecule has 2 aromatic carbocycles. The molecule has 0 saturated carbocycles. The summed E-state index contributed by atoms with van der Waals surface area (Å²) in [4.78, 5) is 24.7. The molecule has 0 aliphatic rings. The molecule has 0 bridgehead atoms. The van der Waals surface area contributed by atoms with Crippen LogP contribution >= 0.6 is 34.8 Å². The lowest BCUT2D eigenvalue weighted by molar-refractivity contribution is -0.117. The quantitative estimate of drug-likeness (QED) is 0.616. The van der Waals surface area contributed by atoms with Gasteiger partial charge in [-0.25, -0.2) is 4.68 Å². The lowest BCUT2D eigenvalue weighted by atomic mass is 10.2. The van der Waals surface area contributed by atoms with Gasteiger partial charge in [-0.05, 0) is 49.4 Å². The van der Waals surface area contributed by atoms with Gasteiger partial charge in [0.15, 0.2) is 5.69 Å². The molecule has 2 amide bonds. The number of nitrogens with zero attached hydrogens (tertiary/aromatic N) is 3. The molecule has 0 radical (unpaired) electrons. The number of nitrogens with one attached hydrogen (secondary N) is 2. The molecular weight excluding hydrogens is 425 g/mol. The Morgan fingerprint density at radius 1 is 0.929 bits per heavy atom. The summed E-state index contributed by atoms with van der Waals surface area (Å²) in [7, 11) is 0. The van der Waals surface area contributed by atoms with E-state index in [1.807, 2.05) is 0 Å². The number of aromatic nitrogens is 3. The van der Waals surface area contributed by atoms with Crippen LogP contribution in [-0.4, -0.2) is 26.8 Å². The fraction of sp³-hybridized carbons (Fsp3) is 0.111. The Morgan fingerprint density at radius 3 is 2.21 bits per heavy atom. The summed E-state index contributed by atoms with van der Waals surface area (Å²) in [6, 6.07) is 11.4. The van der Waals surface area contributed by atoms with E-state index >= 15 is 0 Å². The average Bonchev–Trinajstić information content (AvgIpc) is 2.96. The van der Waals surface area contributed by atoms with E-state index in [1.54, 1.807) is 49.4 Å². The molecule has 7 nitrogen and oxygen atoms in total. The smallest absolute Gasteiger partial charge is 0.278 e. The van der Waals surface area contributed by atoms with Crippen LogP contribution in [0.4, 0.5) is 11.4 Å². The molecule has 0 spiro atoms. The topological polar surface area (TPSA) is 88.9 Å². The predicted octanol–water partition coefficient (Wildman–Crippen LogP) is 4.44. The highest BCUT2D eigenvalue weighted by Gasteiger charge is 2.18. The molecule has 0 unspecified atom stereocenters. The molecule has 0 aliphatic carbocycles. The number of hydrogen-bond donors (Lipinski definition) is 2. The molecule has 10 heteroatoms. The van der Waals surface area contributed by atoms with Crippen molar-refractivity contribution in [1.29, 1.82) is 0 Å². The van der Waals surface area contributed by atoms with Crippen LogP contribution in [0.1, 0.15) is 16.2 Å². The highest BCUT2D eigenvalue weighted by atomic mass is 35.5. The number of benzene rings is 2. The number of amides is 2. The number of carbonyl (C=O) groups is 2. The Balaban J connectivity index is 1.67. The zero-order valence-corrected chi connectivity index (χ0v) is 16.8. The highest BCUT2D eigenvalue weighted by Crippen LogP contribution is 2.23. The molecular formula is C18H14Cl3N5O2. The first-order valence-corrected chi connectivity index (χ1v) is 9.18. The minimum Gasteiger partial charge on any atom is -0.324 e. The van der Waals surface area contributed by atoms with E-state index in [9.17, 15) is 9.59 Å². The molecule has 0 fully saturated rings. The fourth-order valence-corrected chi connectivity index (χ4v) is 3.06. The maximum absolute atomic E-state index is 12.5. The van der Waals surface area contributed by atoms with Crippen LogP contribution < -0.4 is 10.6 Å². The molecule has 1 aromatic heterocycles. The Bertz CT molecular complexity index is 1010. The maximum atomic E-state index is 12.5. The monoisotopic (exact) mass is 437 g/mol. The van der Waals surface area contributed by atoms with E-state index in [0.717, 1.165) is 0 Å². The molecule has 144 valence electrons. The second-order valence-corrected chi connectivity index (χ2v) is 7.16. The number of hydrogen-bond acceptors (Lipinski definition) is 4. The van der Waals surface area contributed by atoms with Crippen molar-refractivity contribution < 1.29 is 9.59 Å². The van der Waals surface area contributed by atoms with E-state index in [-0.39, 0.29) is 18.1 Å². The molecule has 0 atom stereocenters. The van der Waals surface area contributed by atoms with E-state index in [0.29, 0.717) is 32.1 Å². The highest BCUT2D eigenvalue weighted by molar-refractivity contribution is 6.35. The van der Waals surface area contributed by atoms with Crippen LogP contribution in [0.2, 0.25) is 15.1 Å². The van der Waals surface area contributed by atoms with Crippen molar-refractivity contribution in [3.63, 3.8) is 0 Å². The van der Waals surface area contributed by atoms with E-state index < -0.39 is 5.91 Å². The zero-order chi connectivity index (χ0) is 20.3. The summed E-state index contributed by atoms with van der Waals surface area (Å²) in [5, 5.41) is 14.5. The van der Waals surface area contributed by atoms with Crippen molar-refractivity contribution in [3.05, 3.63) is 68.9 Å². The Kier molecular flexibility index (Phi) is 6.18. The second kappa shape index (κ2) is 8.60. The third-order valence-corrected chi connectivity index (χ3v) is 4.43. The van der Waals surface area contributed by atoms with Gasteiger partial charge < -0.3 is 10.6 Å². The number of halogens is 3. The number of anilines is 2. The van der Waals surface area contributed by atoms with Crippen molar-refractivity contribution in [1.82, 2.24) is 15.0 Å². The summed E-state index contributed by atoms with van der Waals surface area (Å²) in [6.45, 7) is 1.55. The zero-order valence-electron chi connectivity index (χ0n) is 14.5. The lowest BCUT2D eigenvalue weighted by Gasteiger charge is -2.07. The van der Waals surface area contributed by atoms with Crippen molar-refractivity contribution in [2.24, 2.45) is 0 Å². The molecule has 0 aliphatic heterocycles. The molecule has 3 aromatic rings. The van der Waals surface area contributed by atoms with Crippen LogP contribution in [0.15, 0.2) is 42.5 Å². The summed E-state index contributed by atoms with van der Waals surface area (Å²) < 4.78 is 1.34. The van der Waals surface area contributed by atoms with Gasteiger partial charge in [0.05, 0.1) is 5.69 Å². The first-order valence-electron chi connectivity index (χ1n) is 8.05. The Labute approximate surface area is 175 Å². The first kappa shape index (κ1) is 20.1. The van der Waals surface area contributed by atoms with E-state index in [4.69, 9.17) is 34.8 Å². The van der Waals surface area contributed by atoms with Gasteiger partial charge in [0, 0.05) is 26.4 Å². The lowest BCUT2D eigenvalue weighted by Crippen LogP contribution is -2.21. The van der Waals surface area contributed by atoms with Crippen LogP contribution in [0.3, 0.4) is 0 Å². The second-order valence-electron chi connectivity index (χ2n) is 5.85. The maximum Gasteiger partial charge on any atom is 0.278 e. The summed E-state index contributed by atoms with van der Waals surface area (Å²) in [6.07, 6.45) is 0. The normalized spacial score (nSPS) is 10.6. The van der Waals surface area contributed by atoms with Gasteiger partial charge in [0.2, 0.25) is 5.91 Å². The van der Waals surface area contributed by atoms with Crippen LogP contribution in [0.5, 0.6) is 0 Å². The van der Waals surface area contributed by atoms with Crippen molar-refractivity contribution in [3.8, 4) is 0 Å². The Morgan fingerprint density at radius 2 is 1.57 bits per heavy atom. The van der Waals surface area contributed by atoms with E-state index in [2.05, 4.69) is 20.9 Å². The van der Waals surface area contributed by atoms with Crippen LogP contribution in [-0.2, 0) is 11.3 Å². The third-order valence-electron chi connectivity index (χ3n) is 3.74. The minimum atomic E-state index is -0.486. The molecule has 0 saturated heterocycles. The fourth-order valence-electron chi connectivity index (χ4n) is 2.41. The number of carbonyl (C=O) groups excluding carboxylic acids is 2. The Hall–Kier alpha value is -2.61. The van der Waals surface area contributed by atoms with Gasteiger partial charge in [-0.1, -0.05) is 40.0 Å². The van der Waals surface area contributed by atoms with Gasteiger partial charge in [-0.2, -0.15) is 0 Å². The standard InChI is InChI=1S/C18H14Cl3N5O2/c1-10-17(18(28)23-15-7-12(20)6-13(21)8-15)24-25-26(10)9-16(27)22-14-4-2-11(19)3-5-14/h2-8H,9H2,1H3,(H,22,27)(H,23,28). The van der Waals surface area contributed by atoms with Gasteiger partial charge >= 0.3 is 0 Å². The molecule has 1 heterocycles. The van der Waals surface area contributed by atoms with Gasteiger partial charge in [0.1, 0.15) is 6.54 Å². The third kappa shape index (κ3) is 5.01. The van der Waals surface area contributed by atoms with Gasteiger partial charge in [-0.3, -0.25) is 9.59 Å². The number of rotatable bonds is 5.